The summed E-state index contributed by atoms with van der Waals surface area (Å²) in [5, 5.41) is 8.06. The van der Waals surface area contributed by atoms with Crippen LogP contribution in [0.25, 0.3) is 0 Å². The fraction of sp³-hybridized carbons (Fsp3) is 0.800. The third kappa shape index (κ3) is 3.78. The number of nitrogens with two attached hydrogens (primary N) is 1. The first-order valence-electron chi connectivity index (χ1n) is 2.69. The van der Waals surface area contributed by atoms with E-state index in [0.29, 0.717) is 0 Å². The van der Waals surface area contributed by atoms with Crippen molar-refractivity contribution in [2.75, 3.05) is 0 Å². The van der Waals surface area contributed by atoms with Gasteiger partial charge in [-0.2, -0.15) is 0 Å². The lowest BCUT2D eigenvalue weighted by Gasteiger charge is -2.13. The molecule has 2 atom stereocenters. The zero-order chi connectivity index (χ0) is 7.44. The number of rotatable bonds is 2. The maximum Gasteiger partial charge on any atom is 0.506 e. The lowest BCUT2D eigenvalue weighted by Crippen LogP contribution is -2.32. The zero-order valence-electron chi connectivity index (χ0n) is 5.50. The first-order valence-corrected chi connectivity index (χ1v) is 2.69. The number of hydrogen-bond donors (Lipinski definition) is 2. The molecule has 0 amide bonds. The second-order valence-electron chi connectivity index (χ2n) is 1.95. The molecule has 4 nitrogen and oxygen atoms in total. The maximum absolute atomic E-state index is 9.84. The van der Waals surface area contributed by atoms with Gasteiger partial charge in [0.1, 0.15) is 6.10 Å². The highest BCUT2D eigenvalue weighted by Crippen LogP contribution is 1.94. The summed E-state index contributed by atoms with van der Waals surface area (Å²) >= 11 is 0. The smallest absolute Gasteiger partial charge is 0.450 e. The second kappa shape index (κ2) is 3.29. The Hall–Kier alpha value is -0.770. The van der Waals surface area contributed by atoms with Gasteiger partial charge in [0.25, 0.3) is 0 Å². The molecule has 0 heterocycles. The number of ether oxygens (including phenoxy) is 1. The highest BCUT2D eigenvalue weighted by molar-refractivity contribution is 5.57. The lowest BCUT2D eigenvalue weighted by atomic mass is 10.2. The summed E-state index contributed by atoms with van der Waals surface area (Å²) in [6, 6.07) is -0.249. The molecule has 0 aromatic carbocycles. The molecule has 4 heteroatoms. The maximum atomic E-state index is 9.84. The molecule has 9 heavy (non-hydrogen) atoms. The van der Waals surface area contributed by atoms with Gasteiger partial charge in [-0.05, 0) is 13.8 Å². The van der Waals surface area contributed by atoms with Gasteiger partial charge in [0.05, 0.1) is 0 Å². The van der Waals surface area contributed by atoms with Crippen LogP contribution in [0.1, 0.15) is 13.8 Å². The van der Waals surface area contributed by atoms with Crippen molar-refractivity contribution in [3.63, 3.8) is 0 Å². The van der Waals surface area contributed by atoms with Crippen LogP contribution < -0.4 is 5.73 Å². The Morgan fingerprint density at radius 1 is 1.67 bits per heavy atom. The molecule has 0 saturated carbocycles. The minimum atomic E-state index is -1.28. The third-order valence-corrected chi connectivity index (χ3v) is 1.03. The second-order valence-corrected chi connectivity index (χ2v) is 1.95. The van der Waals surface area contributed by atoms with E-state index in [1.54, 1.807) is 13.8 Å². The van der Waals surface area contributed by atoms with Crippen molar-refractivity contribution in [1.82, 2.24) is 0 Å². The highest BCUT2D eigenvalue weighted by Gasteiger charge is 2.10. The summed E-state index contributed by atoms with van der Waals surface area (Å²) in [7, 11) is 0. The summed E-state index contributed by atoms with van der Waals surface area (Å²) in [5.74, 6) is 0. The lowest BCUT2D eigenvalue weighted by molar-refractivity contribution is 0.0510. The summed E-state index contributed by atoms with van der Waals surface area (Å²) in [4.78, 5) is 9.84. The molecule has 2 unspecified atom stereocenters. The Morgan fingerprint density at radius 2 is 2.11 bits per heavy atom. The van der Waals surface area contributed by atoms with Gasteiger partial charge in [0.2, 0.25) is 0 Å². The van der Waals surface area contributed by atoms with Crippen LogP contribution in [0.15, 0.2) is 0 Å². The van der Waals surface area contributed by atoms with Crippen molar-refractivity contribution < 1.29 is 14.6 Å². The van der Waals surface area contributed by atoms with E-state index in [9.17, 15) is 4.79 Å². The van der Waals surface area contributed by atoms with Crippen molar-refractivity contribution in [2.24, 2.45) is 5.73 Å². The van der Waals surface area contributed by atoms with Crippen LogP contribution in [0.3, 0.4) is 0 Å². The molecule has 0 aliphatic rings. The normalized spacial score (nSPS) is 16.3. The van der Waals surface area contributed by atoms with Crippen LogP contribution in [-0.2, 0) is 4.74 Å². The number of carboxylic acid groups (broad SMARTS) is 1. The minimum absolute atomic E-state index is 0.249. The molecular formula is C5H11NO3. The van der Waals surface area contributed by atoms with Gasteiger partial charge in [-0.15, -0.1) is 0 Å². The highest BCUT2D eigenvalue weighted by atomic mass is 16.7. The van der Waals surface area contributed by atoms with Crippen LogP contribution in [0.2, 0.25) is 0 Å². The topological polar surface area (TPSA) is 72.5 Å². The van der Waals surface area contributed by atoms with Crippen LogP contribution >= 0.6 is 0 Å². The van der Waals surface area contributed by atoms with Gasteiger partial charge < -0.3 is 15.6 Å². The van der Waals surface area contributed by atoms with Gasteiger partial charge in [-0.1, -0.05) is 0 Å². The fourth-order valence-electron chi connectivity index (χ4n) is 0.266. The van der Waals surface area contributed by atoms with Crippen molar-refractivity contribution >= 4 is 6.16 Å². The standard InChI is InChI=1S/C5H11NO3/c1-3(6)4(2)9-5(7)8/h3-4H,6H2,1-2H3,(H,7,8). The molecule has 0 saturated heterocycles. The van der Waals surface area contributed by atoms with E-state index in [0.717, 1.165) is 0 Å². The molecule has 54 valence electrons. The Labute approximate surface area is 53.6 Å². The SMILES string of the molecule is CC(N)C(C)OC(=O)O. The molecular weight excluding hydrogens is 122 g/mol. The summed E-state index contributed by atoms with van der Waals surface area (Å²) in [5.41, 5.74) is 5.30. The molecule has 3 N–H and O–H groups in total. The van der Waals surface area contributed by atoms with E-state index in [2.05, 4.69) is 4.74 Å². The molecule has 0 fully saturated rings. The molecule has 0 rings (SSSR count). The Kier molecular flexibility index (Phi) is 3.01. The molecule has 0 aromatic heterocycles. The van der Waals surface area contributed by atoms with Gasteiger partial charge >= 0.3 is 6.16 Å². The zero-order valence-corrected chi connectivity index (χ0v) is 5.50. The van der Waals surface area contributed by atoms with Gasteiger partial charge in [-0.25, -0.2) is 4.79 Å². The predicted molar refractivity (Wildman–Crippen MR) is 32.2 cm³/mol. The van der Waals surface area contributed by atoms with Gasteiger partial charge in [-0.3, -0.25) is 0 Å². The van der Waals surface area contributed by atoms with Crippen LogP contribution in [0.5, 0.6) is 0 Å². The third-order valence-electron chi connectivity index (χ3n) is 1.03. The van der Waals surface area contributed by atoms with E-state index in [4.69, 9.17) is 10.8 Å². The van der Waals surface area contributed by atoms with Crippen molar-refractivity contribution in [3.8, 4) is 0 Å². The average Bonchev–Trinajstić information content (AvgIpc) is 1.63. The van der Waals surface area contributed by atoms with Crippen molar-refractivity contribution in [3.05, 3.63) is 0 Å². The van der Waals surface area contributed by atoms with Crippen LogP contribution in [0.4, 0.5) is 4.79 Å². The average molecular weight is 133 g/mol. The fourth-order valence-corrected chi connectivity index (χ4v) is 0.266. The Bertz CT molecular complexity index is 102. The molecule has 0 aromatic rings. The van der Waals surface area contributed by atoms with Gasteiger partial charge in [0.15, 0.2) is 0 Å². The first-order chi connectivity index (χ1) is 4.04. The first kappa shape index (κ1) is 8.23. The summed E-state index contributed by atoms with van der Waals surface area (Å²) in [6.45, 7) is 3.30. The quantitative estimate of drug-likeness (QED) is 0.535. The number of hydrogen-bond acceptors (Lipinski definition) is 3. The molecule has 0 bridgehead atoms. The number of carbonyl (C=O) groups is 1. The molecule has 0 aliphatic heterocycles. The summed E-state index contributed by atoms with van der Waals surface area (Å²) < 4.78 is 4.30. The van der Waals surface area contributed by atoms with Crippen LogP contribution in [0, 0.1) is 0 Å². The van der Waals surface area contributed by atoms with Gasteiger partial charge in [0, 0.05) is 6.04 Å². The van der Waals surface area contributed by atoms with E-state index in [1.807, 2.05) is 0 Å². The molecule has 0 radical (unpaired) electrons. The van der Waals surface area contributed by atoms with Crippen molar-refractivity contribution in [2.45, 2.75) is 26.0 Å². The van der Waals surface area contributed by atoms with E-state index in [-0.39, 0.29) is 6.04 Å². The summed E-state index contributed by atoms with van der Waals surface area (Å²) in [6.07, 6.45) is -1.71. The Balaban J connectivity index is 3.50. The Morgan fingerprint density at radius 3 is 2.22 bits per heavy atom. The van der Waals surface area contributed by atoms with Crippen molar-refractivity contribution in [1.29, 1.82) is 0 Å². The van der Waals surface area contributed by atoms with E-state index >= 15 is 0 Å². The monoisotopic (exact) mass is 133 g/mol. The van der Waals surface area contributed by atoms with E-state index < -0.39 is 12.3 Å². The van der Waals surface area contributed by atoms with E-state index in [1.165, 1.54) is 0 Å². The van der Waals surface area contributed by atoms with Crippen LogP contribution in [-0.4, -0.2) is 23.4 Å². The molecule has 0 spiro atoms. The molecule has 0 aliphatic carbocycles. The largest absolute Gasteiger partial charge is 0.506 e. The minimum Gasteiger partial charge on any atom is -0.450 e. The predicted octanol–water partition coefficient (Wildman–Crippen LogP) is 0.417.